The molecule has 0 aromatic heterocycles. The van der Waals surface area contributed by atoms with E-state index in [4.69, 9.17) is 10.5 Å². The van der Waals surface area contributed by atoms with Gasteiger partial charge in [-0.05, 0) is 24.5 Å². The molecule has 94 valence electrons. The van der Waals surface area contributed by atoms with Crippen LogP contribution in [-0.2, 0) is 4.79 Å². The molecule has 17 heavy (non-hydrogen) atoms. The number of carbonyl (C=O) groups is 1. The van der Waals surface area contributed by atoms with Gasteiger partial charge in [0.2, 0.25) is 0 Å². The molecule has 0 amide bonds. The van der Waals surface area contributed by atoms with E-state index in [1.165, 1.54) is 6.07 Å². The molecule has 1 aromatic rings. The summed E-state index contributed by atoms with van der Waals surface area (Å²) in [6, 6.07) is 2.13. The Morgan fingerprint density at radius 1 is 1.35 bits per heavy atom. The van der Waals surface area contributed by atoms with Crippen molar-refractivity contribution in [1.82, 2.24) is 0 Å². The molecule has 1 atom stereocenters. The molecule has 0 saturated carbocycles. The molecule has 0 radical (unpaired) electrons. The fraction of sp³-hybridized carbons (Fsp3) is 0.417. The zero-order valence-electron chi connectivity index (χ0n) is 9.74. The zero-order chi connectivity index (χ0) is 13.0. The summed E-state index contributed by atoms with van der Waals surface area (Å²) < 4.78 is 30.3. The van der Waals surface area contributed by atoms with E-state index in [0.29, 0.717) is 6.42 Å². The van der Waals surface area contributed by atoms with Gasteiger partial charge in [0.15, 0.2) is 11.6 Å². The number of carbonyl (C=O) groups excluding carboxylic acids is 1. The SMILES string of the molecule is CC(C)CC(N)C(=O)Oc1ccc(F)c(F)c1. The minimum absolute atomic E-state index is 0.0480. The second-order valence-corrected chi connectivity index (χ2v) is 4.23. The monoisotopic (exact) mass is 243 g/mol. The van der Waals surface area contributed by atoms with Crippen molar-refractivity contribution in [3.05, 3.63) is 29.8 Å². The van der Waals surface area contributed by atoms with Crippen LogP contribution in [0, 0.1) is 17.6 Å². The molecule has 2 N–H and O–H groups in total. The van der Waals surface area contributed by atoms with E-state index in [1.54, 1.807) is 0 Å². The van der Waals surface area contributed by atoms with Crippen LogP contribution in [0.2, 0.25) is 0 Å². The van der Waals surface area contributed by atoms with E-state index in [-0.39, 0.29) is 11.7 Å². The number of rotatable bonds is 4. The Labute approximate surface area is 98.6 Å². The molecule has 0 aliphatic rings. The standard InChI is InChI=1S/C12H15F2NO2/c1-7(2)5-11(15)12(16)17-8-3-4-9(13)10(14)6-8/h3-4,6-7,11H,5,15H2,1-2H3. The molecule has 0 saturated heterocycles. The van der Waals surface area contributed by atoms with E-state index in [1.807, 2.05) is 13.8 Å². The summed E-state index contributed by atoms with van der Waals surface area (Å²) in [4.78, 5) is 11.5. The average Bonchev–Trinajstić information content (AvgIpc) is 2.22. The minimum Gasteiger partial charge on any atom is -0.425 e. The number of halogens is 2. The van der Waals surface area contributed by atoms with Crippen molar-refractivity contribution >= 4 is 5.97 Å². The molecular formula is C12H15F2NO2. The molecule has 0 aliphatic carbocycles. The first-order valence-electron chi connectivity index (χ1n) is 5.32. The fourth-order valence-electron chi connectivity index (χ4n) is 1.34. The highest BCUT2D eigenvalue weighted by Crippen LogP contribution is 2.16. The van der Waals surface area contributed by atoms with Crippen LogP contribution in [0.25, 0.3) is 0 Å². The Hall–Kier alpha value is -1.49. The molecule has 0 spiro atoms. The third kappa shape index (κ3) is 4.11. The van der Waals surface area contributed by atoms with Crippen LogP contribution < -0.4 is 10.5 Å². The predicted octanol–water partition coefficient (Wildman–Crippen LogP) is 2.24. The van der Waals surface area contributed by atoms with Gasteiger partial charge < -0.3 is 10.5 Å². The van der Waals surface area contributed by atoms with Crippen molar-refractivity contribution in [3.63, 3.8) is 0 Å². The number of ether oxygens (including phenoxy) is 1. The molecule has 0 bridgehead atoms. The number of benzene rings is 1. The lowest BCUT2D eigenvalue weighted by atomic mass is 10.1. The van der Waals surface area contributed by atoms with Crippen molar-refractivity contribution in [2.45, 2.75) is 26.3 Å². The van der Waals surface area contributed by atoms with Crippen LogP contribution in [0.3, 0.4) is 0 Å². The molecular weight excluding hydrogens is 228 g/mol. The second kappa shape index (κ2) is 5.72. The summed E-state index contributed by atoms with van der Waals surface area (Å²) >= 11 is 0. The quantitative estimate of drug-likeness (QED) is 0.651. The number of nitrogens with two attached hydrogens (primary N) is 1. The maximum absolute atomic E-state index is 12.8. The maximum Gasteiger partial charge on any atom is 0.328 e. The van der Waals surface area contributed by atoms with E-state index >= 15 is 0 Å². The van der Waals surface area contributed by atoms with E-state index in [9.17, 15) is 13.6 Å². The van der Waals surface area contributed by atoms with Crippen molar-refractivity contribution in [2.24, 2.45) is 11.7 Å². The third-order valence-corrected chi connectivity index (χ3v) is 2.14. The first-order valence-corrected chi connectivity index (χ1v) is 5.32. The Kier molecular flexibility index (Phi) is 4.57. The van der Waals surface area contributed by atoms with Gasteiger partial charge in [-0.3, -0.25) is 0 Å². The van der Waals surface area contributed by atoms with Crippen LogP contribution >= 0.6 is 0 Å². The second-order valence-electron chi connectivity index (χ2n) is 4.23. The normalized spacial score (nSPS) is 12.6. The van der Waals surface area contributed by atoms with Crippen molar-refractivity contribution in [3.8, 4) is 5.75 Å². The highest BCUT2D eigenvalue weighted by Gasteiger charge is 2.17. The lowest BCUT2D eigenvalue weighted by Crippen LogP contribution is -2.35. The number of hydrogen-bond acceptors (Lipinski definition) is 3. The van der Waals surface area contributed by atoms with Gasteiger partial charge in [0.1, 0.15) is 11.8 Å². The summed E-state index contributed by atoms with van der Waals surface area (Å²) in [5.74, 6) is -2.50. The average molecular weight is 243 g/mol. The van der Waals surface area contributed by atoms with Crippen molar-refractivity contribution < 1.29 is 18.3 Å². The Morgan fingerprint density at radius 2 is 2.00 bits per heavy atom. The number of hydrogen-bond donors (Lipinski definition) is 1. The van der Waals surface area contributed by atoms with Crippen molar-refractivity contribution in [1.29, 1.82) is 0 Å². The van der Waals surface area contributed by atoms with Gasteiger partial charge in [0.05, 0.1) is 0 Å². The first kappa shape index (κ1) is 13.6. The summed E-state index contributed by atoms with van der Waals surface area (Å²) in [6.07, 6.45) is 0.475. The molecule has 1 unspecified atom stereocenters. The molecule has 1 aromatic carbocycles. The smallest absolute Gasteiger partial charge is 0.328 e. The van der Waals surface area contributed by atoms with E-state index < -0.39 is 23.6 Å². The highest BCUT2D eigenvalue weighted by molar-refractivity contribution is 5.77. The summed E-state index contributed by atoms with van der Waals surface area (Å²) in [5.41, 5.74) is 5.59. The molecule has 0 heterocycles. The first-order chi connectivity index (χ1) is 7.90. The Morgan fingerprint density at radius 3 is 2.53 bits per heavy atom. The zero-order valence-corrected chi connectivity index (χ0v) is 9.74. The summed E-state index contributed by atoms with van der Waals surface area (Å²) in [6.45, 7) is 3.84. The van der Waals surface area contributed by atoms with E-state index in [0.717, 1.165) is 12.1 Å². The third-order valence-electron chi connectivity index (χ3n) is 2.14. The van der Waals surface area contributed by atoms with Gasteiger partial charge >= 0.3 is 5.97 Å². The minimum atomic E-state index is -1.06. The molecule has 5 heteroatoms. The fourth-order valence-corrected chi connectivity index (χ4v) is 1.34. The van der Waals surface area contributed by atoms with Gasteiger partial charge in [-0.25, -0.2) is 13.6 Å². The Balaban J connectivity index is 2.64. The lowest BCUT2D eigenvalue weighted by molar-refractivity contribution is -0.136. The summed E-state index contributed by atoms with van der Waals surface area (Å²) in [5, 5.41) is 0. The maximum atomic E-state index is 12.8. The number of esters is 1. The molecule has 1 rings (SSSR count). The van der Waals surface area contributed by atoms with Crippen LogP contribution in [-0.4, -0.2) is 12.0 Å². The Bertz CT molecular complexity index is 407. The summed E-state index contributed by atoms with van der Waals surface area (Å²) in [7, 11) is 0. The largest absolute Gasteiger partial charge is 0.425 e. The topological polar surface area (TPSA) is 52.3 Å². The lowest BCUT2D eigenvalue weighted by Gasteiger charge is -2.13. The van der Waals surface area contributed by atoms with Gasteiger partial charge in [-0.2, -0.15) is 0 Å². The van der Waals surface area contributed by atoms with Gasteiger partial charge in [0.25, 0.3) is 0 Å². The van der Waals surface area contributed by atoms with Gasteiger partial charge in [0, 0.05) is 6.07 Å². The van der Waals surface area contributed by atoms with Crippen LogP contribution in [0.5, 0.6) is 5.75 Å². The van der Waals surface area contributed by atoms with E-state index in [2.05, 4.69) is 0 Å². The molecule has 0 fully saturated rings. The molecule has 3 nitrogen and oxygen atoms in total. The van der Waals surface area contributed by atoms with Gasteiger partial charge in [-0.1, -0.05) is 13.8 Å². The van der Waals surface area contributed by atoms with Crippen LogP contribution in [0.4, 0.5) is 8.78 Å². The van der Waals surface area contributed by atoms with Crippen LogP contribution in [0.1, 0.15) is 20.3 Å². The molecule has 0 aliphatic heterocycles. The highest BCUT2D eigenvalue weighted by atomic mass is 19.2. The van der Waals surface area contributed by atoms with Crippen molar-refractivity contribution in [2.75, 3.05) is 0 Å². The predicted molar refractivity (Wildman–Crippen MR) is 59.4 cm³/mol. The van der Waals surface area contributed by atoms with Crippen LogP contribution in [0.15, 0.2) is 18.2 Å². The van der Waals surface area contributed by atoms with Gasteiger partial charge in [-0.15, -0.1) is 0 Å².